The summed E-state index contributed by atoms with van der Waals surface area (Å²) in [7, 11) is 1.65. The molecule has 0 amide bonds. The number of methoxy groups -OCH3 is 1. The van der Waals surface area contributed by atoms with Crippen LogP contribution in [0.2, 0.25) is 0 Å². The zero-order valence-electron chi connectivity index (χ0n) is 11.5. The first-order chi connectivity index (χ1) is 8.69. The van der Waals surface area contributed by atoms with E-state index in [4.69, 9.17) is 4.74 Å². The molecule has 0 aliphatic heterocycles. The molecular weight excluding hydrogens is 228 g/mol. The van der Waals surface area contributed by atoms with Crippen molar-refractivity contribution in [2.24, 2.45) is 0 Å². The molecule has 0 heterocycles. The number of anilines is 1. The van der Waals surface area contributed by atoms with Gasteiger partial charge in [-0.15, -0.1) is 0 Å². The van der Waals surface area contributed by atoms with Gasteiger partial charge in [0, 0.05) is 24.8 Å². The summed E-state index contributed by atoms with van der Waals surface area (Å²) in [6.45, 7) is 7.38. The highest BCUT2D eigenvalue weighted by Crippen LogP contribution is 2.16. The van der Waals surface area contributed by atoms with E-state index < -0.39 is 0 Å². The Morgan fingerprint density at radius 3 is 2.67 bits per heavy atom. The Labute approximate surface area is 110 Å². The molecule has 4 nitrogen and oxygen atoms in total. The standard InChI is InChI=1S/C14H24N2O2/c1-4-16(5-2)11-13(17)10-15-12-7-6-8-14(9-12)18-3/h6-9,13,15,17H,4-5,10-11H2,1-3H3. The summed E-state index contributed by atoms with van der Waals surface area (Å²) in [6, 6.07) is 7.71. The topological polar surface area (TPSA) is 44.7 Å². The number of benzene rings is 1. The highest BCUT2D eigenvalue weighted by Gasteiger charge is 2.08. The van der Waals surface area contributed by atoms with Crippen molar-refractivity contribution in [2.45, 2.75) is 20.0 Å². The normalized spacial score (nSPS) is 12.5. The van der Waals surface area contributed by atoms with E-state index in [-0.39, 0.29) is 6.10 Å². The molecule has 0 aliphatic rings. The van der Waals surface area contributed by atoms with Gasteiger partial charge in [-0.25, -0.2) is 0 Å². The van der Waals surface area contributed by atoms with Gasteiger partial charge in [-0.3, -0.25) is 0 Å². The van der Waals surface area contributed by atoms with Crippen LogP contribution in [0.4, 0.5) is 5.69 Å². The van der Waals surface area contributed by atoms with E-state index in [9.17, 15) is 5.11 Å². The van der Waals surface area contributed by atoms with Crippen LogP contribution in [0.15, 0.2) is 24.3 Å². The minimum Gasteiger partial charge on any atom is -0.497 e. The maximum Gasteiger partial charge on any atom is 0.120 e. The first-order valence-electron chi connectivity index (χ1n) is 6.47. The summed E-state index contributed by atoms with van der Waals surface area (Å²) < 4.78 is 5.15. The molecule has 0 saturated heterocycles. The van der Waals surface area contributed by atoms with Gasteiger partial charge in [0.05, 0.1) is 13.2 Å². The molecule has 2 N–H and O–H groups in total. The van der Waals surface area contributed by atoms with Gasteiger partial charge in [0.15, 0.2) is 0 Å². The van der Waals surface area contributed by atoms with Gasteiger partial charge in [-0.2, -0.15) is 0 Å². The Kier molecular flexibility index (Phi) is 6.54. The van der Waals surface area contributed by atoms with Crippen LogP contribution in [-0.4, -0.2) is 49.4 Å². The predicted octanol–water partition coefficient (Wildman–Crippen LogP) is 1.81. The molecule has 0 aromatic heterocycles. The van der Waals surface area contributed by atoms with E-state index >= 15 is 0 Å². The first kappa shape index (κ1) is 14.8. The lowest BCUT2D eigenvalue weighted by molar-refractivity contribution is 0.128. The number of aliphatic hydroxyl groups is 1. The third kappa shape index (κ3) is 4.94. The summed E-state index contributed by atoms with van der Waals surface area (Å²) in [5.74, 6) is 0.818. The second kappa shape index (κ2) is 7.95. The minimum absolute atomic E-state index is 0.365. The molecule has 1 rings (SSSR count). The van der Waals surface area contributed by atoms with Gasteiger partial charge in [0.1, 0.15) is 5.75 Å². The zero-order chi connectivity index (χ0) is 13.4. The second-order valence-electron chi connectivity index (χ2n) is 4.25. The molecule has 0 fully saturated rings. The molecule has 1 aromatic rings. The number of aliphatic hydroxyl groups excluding tert-OH is 1. The summed E-state index contributed by atoms with van der Waals surface area (Å²) >= 11 is 0. The Hall–Kier alpha value is -1.26. The number of hydrogen-bond donors (Lipinski definition) is 2. The molecule has 4 heteroatoms. The number of ether oxygens (including phenoxy) is 1. The van der Waals surface area contributed by atoms with Gasteiger partial charge in [-0.05, 0) is 25.2 Å². The van der Waals surface area contributed by atoms with Gasteiger partial charge in [-0.1, -0.05) is 19.9 Å². The van der Waals surface area contributed by atoms with Crippen molar-refractivity contribution in [3.8, 4) is 5.75 Å². The molecule has 0 aliphatic carbocycles. The highest BCUT2D eigenvalue weighted by molar-refractivity contribution is 5.48. The van der Waals surface area contributed by atoms with Crippen molar-refractivity contribution in [1.82, 2.24) is 4.90 Å². The third-order valence-corrected chi connectivity index (χ3v) is 2.97. The minimum atomic E-state index is -0.365. The third-order valence-electron chi connectivity index (χ3n) is 2.97. The van der Waals surface area contributed by atoms with Crippen LogP contribution in [0.5, 0.6) is 5.75 Å². The summed E-state index contributed by atoms with van der Waals surface area (Å²) in [6.07, 6.45) is -0.365. The average molecular weight is 252 g/mol. The molecule has 1 atom stereocenters. The van der Waals surface area contributed by atoms with Gasteiger partial charge in [0.2, 0.25) is 0 Å². The van der Waals surface area contributed by atoms with Crippen molar-refractivity contribution >= 4 is 5.69 Å². The van der Waals surface area contributed by atoms with Crippen molar-refractivity contribution in [1.29, 1.82) is 0 Å². The van der Waals surface area contributed by atoms with E-state index in [1.807, 2.05) is 24.3 Å². The van der Waals surface area contributed by atoms with Gasteiger partial charge >= 0.3 is 0 Å². The van der Waals surface area contributed by atoms with Crippen molar-refractivity contribution < 1.29 is 9.84 Å². The Bertz CT molecular complexity index is 340. The van der Waals surface area contributed by atoms with E-state index in [1.54, 1.807) is 7.11 Å². The first-order valence-corrected chi connectivity index (χ1v) is 6.47. The van der Waals surface area contributed by atoms with Crippen LogP contribution < -0.4 is 10.1 Å². The highest BCUT2D eigenvalue weighted by atomic mass is 16.5. The van der Waals surface area contributed by atoms with E-state index in [0.717, 1.165) is 24.5 Å². The second-order valence-corrected chi connectivity index (χ2v) is 4.25. The molecule has 18 heavy (non-hydrogen) atoms. The SMILES string of the molecule is CCN(CC)CC(O)CNc1cccc(OC)c1. The molecule has 0 radical (unpaired) electrons. The molecule has 0 saturated carbocycles. The van der Waals surface area contributed by atoms with Crippen LogP contribution in [0.1, 0.15) is 13.8 Å². The molecule has 1 aromatic carbocycles. The molecule has 102 valence electrons. The van der Waals surface area contributed by atoms with Crippen molar-refractivity contribution in [2.75, 3.05) is 38.6 Å². The van der Waals surface area contributed by atoms with Crippen LogP contribution in [0.25, 0.3) is 0 Å². The lowest BCUT2D eigenvalue weighted by Gasteiger charge is -2.22. The Morgan fingerprint density at radius 2 is 2.06 bits per heavy atom. The number of nitrogens with zero attached hydrogens (tertiary/aromatic N) is 1. The average Bonchev–Trinajstić information content (AvgIpc) is 2.42. The quantitative estimate of drug-likeness (QED) is 0.740. The molecule has 1 unspecified atom stereocenters. The van der Waals surface area contributed by atoms with E-state index in [0.29, 0.717) is 13.1 Å². The van der Waals surface area contributed by atoms with Gasteiger partial charge in [0.25, 0.3) is 0 Å². The summed E-state index contributed by atoms with van der Waals surface area (Å²) in [5.41, 5.74) is 0.966. The van der Waals surface area contributed by atoms with Crippen LogP contribution >= 0.6 is 0 Å². The lowest BCUT2D eigenvalue weighted by Crippen LogP contribution is -2.35. The monoisotopic (exact) mass is 252 g/mol. The molecule has 0 spiro atoms. The van der Waals surface area contributed by atoms with Crippen molar-refractivity contribution in [3.63, 3.8) is 0 Å². The Morgan fingerprint density at radius 1 is 1.33 bits per heavy atom. The maximum atomic E-state index is 9.93. The number of nitrogens with one attached hydrogen (secondary N) is 1. The van der Waals surface area contributed by atoms with Crippen LogP contribution in [0, 0.1) is 0 Å². The lowest BCUT2D eigenvalue weighted by atomic mass is 10.2. The molecular formula is C14H24N2O2. The van der Waals surface area contributed by atoms with Crippen LogP contribution in [0.3, 0.4) is 0 Å². The predicted molar refractivity (Wildman–Crippen MR) is 75.3 cm³/mol. The maximum absolute atomic E-state index is 9.93. The Balaban J connectivity index is 2.39. The number of rotatable bonds is 8. The fraction of sp³-hybridized carbons (Fsp3) is 0.571. The fourth-order valence-corrected chi connectivity index (χ4v) is 1.81. The molecule has 0 bridgehead atoms. The largest absolute Gasteiger partial charge is 0.497 e. The summed E-state index contributed by atoms with van der Waals surface area (Å²) in [5, 5.41) is 13.2. The van der Waals surface area contributed by atoms with Gasteiger partial charge < -0.3 is 20.1 Å². The summed E-state index contributed by atoms with van der Waals surface area (Å²) in [4.78, 5) is 2.21. The zero-order valence-corrected chi connectivity index (χ0v) is 11.5. The van der Waals surface area contributed by atoms with Crippen molar-refractivity contribution in [3.05, 3.63) is 24.3 Å². The smallest absolute Gasteiger partial charge is 0.120 e. The van der Waals surface area contributed by atoms with E-state index in [2.05, 4.69) is 24.1 Å². The number of hydrogen-bond acceptors (Lipinski definition) is 4. The fourth-order valence-electron chi connectivity index (χ4n) is 1.81. The van der Waals surface area contributed by atoms with E-state index in [1.165, 1.54) is 0 Å². The van der Waals surface area contributed by atoms with Crippen LogP contribution in [-0.2, 0) is 0 Å². The number of likely N-dealkylation sites (N-methyl/N-ethyl adjacent to an activating group) is 1.